The summed E-state index contributed by atoms with van der Waals surface area (Å²) in [5.74, 6) is 0. The molecule has 1 radical (unpaired) electrons. The molecule has 0 aromatic carbocycles. The summed E-state index contributed by atoms with van der Waals surface area (Å²) < 4.78 is 0. The van der Waals surface area contributed by atoms with Crippen molar-refractivity contribution in [3.05, 3.63) is 0 Å². The van der Waals surface area contributed by atoms with Crippen molar-refractivity contribution < 1.29 is 132 Å². The van der Waals surface area contributed by atoms with Crippen LogP contribution in [0.1, 0.15) is 0 Å². The van der Waals surface area contributed by atoms with E-state index in [1.165, 1.54) is 0 Å². The molecule has 0 aliphatic rings. The second-order valence-corrected chi connectivity index (χ2v) is 0. The third-order valence-corrected chi connectivity index (χ3v) is 0. The van der Waals surface area contributed by atoms with Gasteiger partial charge in [0.25, 0.3) is 0 Å². The Morgan fingerprint density at radius 3 is 1.00 bits per heavy atom. The molecule has 0 saturated carbocycles. The molecule has 0 spiro atoms. The smallest absolute Gasteiger partial charge is 0 e. The molecule has 0 aromatic heterocycles. The van der Waals surface area contributed by atoms with E-state index in [1.807, 2.05) is 0 Å². The van der Waals surface area contributed by atoms with Crippen LogP contribution in [0, 0.1) is 82.6 Å². The number of rotatable bonds is 0. The van der Waals surface area contributed by atoms with Crippen LogP contribution in [0.2, 0.25) is 0 Å². The van der Waals surface area contributed by atoms with E-state index in [0.29, 0.717) is 0 Å². The summed E-state index contributed by atoms with van der Waals surface area (Å²) >= 11 is 0. The van der Waals surface area contributed by atoms with E-state index in [-0.39, 0.29) is 132 Å². The first-order valence-electron chi connectivity index (χ1n) is 0. The minimum Gasteiger partial charge on any atom is 0 e. The molecule has 0 amide bonds. The SMILES string of the molecule is [Ce].[Fe].[Nd].[Y]. The maximum atomic E-state index is 0. The minimum absolute atomic E-state index is 0. The molecule has 0 rings (SSSR count). The van der Waals surface area contributed by atoms with Crippen molar-refractivity contribution >= 4 is 0 Å². The Hall–Kier alpha value is 4.35. The standard InChI is InChI=1S/Ce.Fe.Nd.Y. The van der Waals surface area contributed by atoms with Crippen molar-refractivity contribution in [1.82, 2.24) is 0 Å². The van der Waals surface area contributed by atoms with E-state index in [9.17, 15) is 0 Å². The third kappa shape index (κ3) is 9.61. The Bertz CT molecular complexity index is 8.00. The van der Waals surface area contributed by atoms with Gasteiger partial charge in [-0.25, -0.2) is 0 Å². The van der Waals surface area contributed by atoms with Crippen molar-refractivity contribution in [2.24, 2.45) is 0 Å². The summed E-state index contributed by atoms with van der Waals surface area (Å²) in [5, 5.41) is 0. The molecule has 4 heavy (non-hydrogen) atoms. The molecular weight excluding hydrogens is 429 g/mol. The van der Waals surface area contributed by atoms with Crippen LogP contribution in [0.5, 0.6) is 0 Å². The largest absolute Gasteiger partial charge is 0 e. The summed E-state index contributed by atoms with van der Waals surface area (Å²) in [5.41, 5.74) is 0. The van der Waals surface area contributed by atoms with E-state index >= 15 is 0 Å². The van der Waals surface area contributed by atoms with Crippen LogP contribution in [0.3, 0.4) is 0 Å². The predicted octanol–water partition coefficient (Wildman–Crippen LogP) is -0.00500. The molecule has 0 aliphatic carbocycles. The van der Waals surface area contributed by atoms with Crippen LogP contribution < -0.4 is 0 Å². The normalized spacial score (nSPS) is 0. The van der Waals surface area contributed by atoms with Gasteiger partial charge in [0.05, 0.1) is 0 Å². The number of hydrogen-bond acceptors (Lipinski definition) is 0. The first-order valence-corrected chi connectivity index (χ1v) is 0. The van der Waals surface area contributed by atoms with Crippen molar-refractivity contribution in [2.45, 2.75) is 0 Å². The topological polar surface area (TPSA) is 0 Å². The Balaban J connectivity index is 0. The van der Waals surface area contributed by atoms with Crippen molar-refractivity contribution in [2.75, 3.05) is 0 Å². The quantitative estimate of drug-likeness (QED) is 0.476. The van der Waals surface area contributed by atoms with Crippen LogP contribution in [-0.2, 0) is 49.8 Å². The average molecular weight is 429 g/mol. The van der Waals surface area contributed by atoms with Crippen LogP contribution in [0.25, 0.3) is 0 Å². The van der Waals surface area contributed by atoms with E-state index in [4.69, 9.17) is 0 Å². The van der Waals surface area contributed by atoms with E-state index in [0.717, 1.165) is 0 Å². The molecule has 0 aromatic rings. The molecule has 0 bridgehead atoms. The van der Waals surface area contributed by atoms with Gasteiger partial charge in [-0.1, -0.05) is 0 Å². The zero-order valence-corrected chi connectivity index (χ0v) is 12.2. The molecule has 0 N–H and O–H groups in total. The first kappa shape index (κ1) is 23.8. The summed E-state index contributed by atoms with van der Waals surface area (Å²) in [6.45, 7) is 0. The van der Waals surface area contributed by atoms with Gasteiger partial charge in [-0.05, 0) is 0 Å². The van der Waals surface area contributed by atoms with Gasteiger partial charge >= 0.3 is 0 Å². The van der Waals surface area contributed by atoms with E-state index in [2.05, 4.69) is 0 Å². The Labute approximate surface area is 128 Å². The fraction of sp³-hybridized carbons (Fsp3) is 0. The number of hydrogen-bond donors (Lipinski definition) is 0. The summed E-state index contributed by atoms with van der Waals surface area (Å²) in [7, 11) is 0. The van der Waals surface area contributed by atoms with Gasteiger partial charge < -0.3 is 0 Å². The van der Waals surface area contributed by atoms with E-state index in [1.54, 1.807) is 0 Å². The molecule has 0 heterocycles. The molecule has 0 unspecified atom stereocenters. The van der Waals surface area contributed by atoms with E-state index < -0.39 is 0 Å². The molecule has 4 heteroatoms. The second-order valence-electron chi connectivity index (χ2n) is 0. The minimum atomic E-state index is 0. The molecule has 19 valence electrons. The summed E-state index contributed by atoms with van der Waals surface area (Å²) in [4.78, 5) is 0. The zero-order valence-electron chi connectivity index (χ0n) is 1.93. The van der Waals surface area contributed by atoms with Gasteiger partial charge in [0.1, 0.15) is 0 Å². The molecule has 0 aliphatic heterocycles. The average Bonchev–Trinajstić information content (AvgIpc) is 0. The predicted molar refractivity (Wildman–Crippen MR) is 0 cm³/mol. The van der Waals surface area contributed by atoms with Crippen molar-refractivity contribution in [3.63, 3.8) is 0 Å². The fourth-order valence-electron chi connectivity index (χ4n) is 0. The molecule has 0 nitrogen and oxygen atoms in total. The monoisotopic (exact) mass is 427 g/mol. The second kappa shape index (κ2) is 15.7. The maximum Gasteiger partial charge on any atom is 0 e. The van der Waals surface area contributed by atoms with Crippen molar-refractivity contribution in [3.8, 4) is 0 Å². The third-order valence-electron chi connectivity index (χ3n) is 0. The van der Waals surface area contributed by atoms with Gasteiger partial charge in [-0.15, -0.1) is 0 Å². The van der Waals surface area contributed by atoms with Crippen LogP contribution in [0.4, 0.5) is 0 Å². The first-order chi connectivity index (χ1) is 0. The van der Waals surface area contributed by atoms with Gasteiger partial charge in [-0.2, -0.15) is 0 Å². The zero-order chi connectivity index (χ0) is 0. The fourth-order valence-corrected chi connectivity index (χ4v) is 0. The summed E-state index contributed by atoms with van der Waals surface area (Å²) in [6, 6.07) is 0. The van der Waals surface area contributed by atoms with Crippen LogP contribution in [0.15, 0.2) is 0 Å². The van der Waals surface area contributed by atoms with Crippen LogP contribution in [-0.4, -0.2) is 0 Å². The van der Waals surface area contributed by atoms with Crippen molar-refractivity contribution in [1.29, 1.82) is 0 Å². The van der Waals surface area contributed by atoms with Gasteiger partial charge in [-0.3, -0.25) is 0 Å². The van der Waals surface area contributed by atoms with Crippen LogP contribution >= 0.6 is 0 Å². The van der Waals surface area contributed by atoms with Gasteiger partial charge in [0.15, 0.2) is 0 Å². The molecule has 0 saturated heterocycles. The molecular formula is CeFeNdY. The molecule has 0 atom stereocenters. The van der Waals surface area contributed by atoms with Gasteiger partial charge in [0.2, 0.25) is 0 Å². The Morgan fingerprint density at radius 2 is 1.00 bits per heavy atom. The Morgan fingerprint density at radius 1 is 1.00 bits per heavy atom. The summed E-state index contributed by atoms with van der Waals surface area (Å²) in [6.07, 6.45) is 0. The maximum absolute atomic E-state index is 0. The molecule has 0 fully saturated rings. The Kier molecular flexibility index (Phi) is 93.3. The van der Waals surface area contributed by atoms with Gasteiger partial charge in [0, 0.05) is 132 Å².